The number of aromatic nitrogens is 2. The molecule has 1 saturated heterocycles. The first-order valence-corrected chi connectivity index (χ1v) is 8.76. The van der Waals surface area contributed by atoms with Crippen molar-refractivity contribution >= 4 is 17.6 Å². The molecule has 1 atom stereocenters. The van der Waals surface area contributed by atoms with Crippen molar-refractivity contribution in [1.82, 2.24) is 20.2 Å². The number of rotatable bonds is 5. The quantitative estimate of drug-likeness (QED) is 0.865. The van der Waals surface area contributed by atoms with Crippen molar-refractivity contribution in [1.29, 1.82) is 0 Å². The second-order valence-electron chi connectivity index (χ2n) is 6.51. The summed E-state index contributed by atoms with van der Waals surface area (Å²) in [6.45, 7) is 5.04. The Hall–Kier alpha value is -2.96. The molecular formula is C19H23N5O2. The van der Waals surface area contributed by atoms with Gasteiger partial charge in [0, 0.05) is 43.0 Å². The summed E-state index contributed by atoms with van der Waals surface area (Å²) in [7, 11) is 0. The highest BCUT2D eigenvalue weighted by atomic mass is 16.2. The third kappa shape index (κ3) is 4.56. The number of benzene rings is 1. The molecule has 7 nitrogen and oxygen atoms in total. The lowest BCUT2D eigenvalue weighted by molar-refractivity contribution is -0.127. The highest BCUT2D eigenvalue weighted by Gasteiger charge is 2.22. The first-order chi connectivity index (χ1) is 12.5. The summed E-state index contributed by atoms with van der Waals surface area (Å²) in [5.74, 6) is 0.857. The standard InChI is InChI=1S/C19H23N5O2/c1-13(12-24-10-4-7-18(24)25)21-19(26)23-16-6-3-5-15(11-16)17-8-9-20-14(2)22-17/h3,5-6,8-9,11,13H,4,7,10,12H2,1-2H3,(H2,21,23,26). The molecule has 3 amide bonds. The van der Waals surface area contributed by atoms with E-state index < -0.39 is 0 Å². The SMILES string of the molecule is Cc1nccc(-c2cccc(NC(=O)NC(C)CN3CCCC3=O)c2)n1. The Kier molecular flexibility index (Phi) is 5.46. The first kappa shape index (κ1) is 17.8. The number of nitrogens with zero attached hydrogens (tertiary/aromatic N) is 3. The normalized spacial score (nSPS) is 15.0. The fourth-order valence-corrected chi connectivity index (χ4v) is 3.04. The molecule has 1 aromatic carbocycles. The van der Waals surface area contributed by atoms with Gasteiger partial charge in [0.05, 0.1) is 5.69 Å². The van der Waals surface area contributed by atoms with E-state index in [-0.39, 0.29) is 18.0 Å². The number of anilines is 1. The zero-order valence-corrected chi connectivity index (χ0v) is 15.0. The highest BCUT2D eigenvalue weighted by Crippen LogP contribution is 2.20. The van der Waals surface area contributed by atoms with E-state index in [2.05, 4.69) is 20.6 Å². The maximum atomic E-state index is 12.2. The van der Waals surface area contributed by atoms with Crippen LogP contribution in [0.2, 0.25) is 0 Å². The summed E-state index contributed by atoms with van der Waals surface area (Å²) < 4.78 is 0. The number of carbonyl (C=O) groups is 2. The van der Waals surface area contributed by atoms with Crippen LogP contribution in [0.4, 0.5) is 10.5 Å². The summed E-state index contributed by atoms with van der Waals surface area (Å²) >= 11 is 0. The number of likely N-dealkylation sites (tertiary alicyclic amines) is 1. The van der Waals surface area contributed by atoms with E-state index in [9.17, 15) is 9.59 Å². The summed E-state index contributed by atoms with van der Waals surface area (Å²) in [4.78, 5) is 34.2. The summed E-state index contributed by atoms with van der Waals surface area (Å²) in [5.41, 5.74) is 2.40. The molecule has 136 valence electrons. The van der Waals surface area contributed by atoms with Gasteiger partial charge in [-0.3, -0.25) is 4.79 Å². The molecule has 0 aliphatic carbocycles. The van der Waals surface area contributed by atoms with Crippen LogP contribution >= 0.6 is 0 Å². The Morgan fingerprint density at radius 2 is 2.19 bits per heavy atom. The van der Waals surface area contributed by atoms with Gasteiger partial charge in [0.15, 0.2) is 0 Å². The lowest BCUT2D eigenvalue weighted by atomic mass is 10.1. The predicted molar refractivity (Wildman–Crippen MR) is 99.6 cm³/mol. The third-order valence-electron chi connectivity index (χ3n) is 4.24. The number of amides is 3. The topological polar surface area (TPSA) is 87.2 Å². The molecule has 0 radical (unpaired) electrons. The van der Waals surface area contributed by atoms with Gasteiger partial charge in [-0.25, -0.2) is 14.8 Å². The van der Waals surface area contributed by atoms with E-state index in [1.807, 2.05) is 44.2 Å². The summed E-state index contributed by atoms with van der Waals surface area (Å²) in [6, 6.07) is 8.93. The number of nitrogens with one attached hydrogen (secondary N) is 2. The van der Waals surface area contributed by atoms with E-state index >= 15 is 0 Å². The molecule has 1 aliphatic heterocycles. The summed E-state index contributed by atoms with van der Waals surface area (Å²) in [6.07, 6.45) is 3.22. The van der Waals surface area contributed by atoms with Gasteiger partial charge in [-0.05, 0) is 38.5 Å². The van der Waals surface area contributed by atoms with Gasteiger partial charge in [-0.15, -0.1) is 0 Å². The minimum Gasteiger partial charge on any atom is -0.341 e. The Labute approximate surface area is 152 Å². The molecule has 0 saturated carbocycles. The van der Waals surface area contributed by atoms with Gasteiger partial charge in [0.25, 0.3) is 0 Å². The molecule has 0 spiro atoms. The highest BCUT2D eigenvalue weighted by molar-refractivity contribution is 5.90. The molecule has 3 rings (SSSR count). The second-order valence-corrected chi connectivity index (χ2v) is 6.51. The maximum absolute atomic E-state index is 12.2. The predicted octanol–water partition coefficient (Wildman–Crippen LogP) is 2.58. The van der Waals surface area contributed by atoms with Crippen LogP contribution in [0.1, 0.15) is 25.6 Å². The molecule has 26 heavy (non-hydrogen) atoms. The number of carbonyl (C=O) groups excluding carboxylic acids is 2. The van der Waals surface area contributed by atoms with E-state index in [1.165, 1.54) is 0 Å². The van der Waals surface area contributed by atoms with Crippen molar-refractivity contribution in [3.05, 3.63) is 42.4 Å². The molecular weight excluding hydrogens is 330 g/mol. The lowest BCUT2D eigenvalue weighted by Crippen LogP contribution is -2.44. The Balaban J connectivity index is 1.59. The van der Waals surface area contributed by atoms with Gasteiger partial charge >= 0.3 is 6.03 Å². The van der Waals surface area contributed by atoms with Gasteiger partial charge in [-0.2, -0.15) is 0 Å². The molecule has 1 aliphatic rings. The van der Waals surface area contributed by atoms with Crippen molar-refractivity contribution in [2.75, 3.05) is 18.4 Å². The molecule has 2 heterocycles. The Morgan fingerprint density at radius 3 is 2.92 bits per heavy atom. The third-order valence-corrected chi connectivity index (χ3v) is 4.24. The lowest BCUT2D eigenvalue weighted by Gasteiger charge is -2.21. The van der Waals surface area contributed by atoms with E-state index in [0.717, 1.165) is 24.2 Å². The van der Waals surface area contributed by atoms with Crippen molar-refractivity contribution in [2.45, 2.75) is 32.7 Å². The average molecular weight is 353 g/mol. The zero-order valence-electron chi connectivity index (χ0n) is 15.0. The zero-order chi connectivity index (χ0) is 18.5. The van der Waals surface area contributed by atoms with Crippen LogP contribution in [0.25, 0.3) is 11.3 Å². The van der Waals surface area contributed by atoms with Crippen molar-refractivity contribution in [3.63, 3.8) is 0 Å². The average Bonchev–Trinajstić information content (AvgIpc) is 2.99. The van der Waals surface area contributed by atoms with Crippen LogP contribution in [0.3, 0.4) is 0 Å². The first-order valence-electron chi connectivity index (χ1n) is 8.76. The van der Waals surface area contributed by atoms with Gasteiger partial charge in [-0.1, -0.05) is 12.1 Å². The van der Waals surface area contributed by atoms with Crippen LogP contribution in [0, 0.1) is 6.92 Å². The monoisotopic (exact) mass is 353 g/mol. The van der Waals surface area contributed by atoms with E-state index in [1.54, 1.807) is 11.1 Å². The molecule has 1 unspecified atom stereocenters. The van der Waals surface area contributed by atoms with Crippen LogP contribution in [-0.4, -0.2) is 45.9 Å². The second kappa shape index (κ2) is 7.95. The van der Waals surface area contributed by atoms with Crippen molar-refractivity contribution < 1.29 is 9.59 Å². The van der Waals surface area contributed by atoms with Gasteiger partial charge in [0.1, 0.15) is 5.82 Å². The molecule has 2 N–H and O–H groups in total. The number of aryl methyl sites for hydroxylation is 1. The largest absolute Gasteiger partial charge is 0.341 e. The fourth-order valence-electron chi connectivity index (χ4n) is 3.04. The molecule has 1 fully saturated rings. The van der Waals surface area contributed by atoms with Crippen molar-refractivity contribution in [2.24, 2.45) is 0 Å². The maximum Gasteiger partial charge on any atom is 0.319 e. The van der Waals surface area contributed by atoms with Gasteiger partial charge in [0.2, 0.25) is 5.91 Å². The summed E-state index contributed by atoms with van der Waals surface area (Å²) in [5, 5.41) is 5.71. The molecule has 2 aromatic rings. The van der Waals surface area contributed by atoms with Crippen molar-refractivity contribution in [3.8, 4) is 11.3 Å². The number of hydrogen-bond donors (Lipinski definition) is 2. The van der Waals surface area contributed by atoms with Crippen LogP contribution < -0.4 is 10.6 Å². The van der Waals surface area contributed by atoms with Crippen LogP contribution in [0.15, 0.2) is 36.5 Å². The van der Waals surface area contributed by atoms with Gasteiger partial charge < -0.3 is 15.5 Å². The number of hydrogen-bond acceptors (Lipinski definition) is 4. The number of urea groups is 1. The van der Waals surface area contributed by atoms with Crippen LogP contribution in [-0.2, 0) is 4.79 Å². The molecule has 1 aromatic heterocycles. The fraction of sp³-hybridized carbons (Fsp3) is 0.368. The Morgan fingerprint density at radius 1 is 1.35 bits per heavy atom. The Bertz CT molecular complexity index is 808. The van der Waals surface area contributed by atoms with E-state index in [4.69, 9.17) is 0 Å². The molecule has 7 heteroatoms. The molecule has 0 bridgehead atoms. The smallest absolute Gasteiger partial charge is 0.319 e. The minimum atomic E-state index is -0.292. The minimum absolute atomic E-state index is 0.121. The van der Waals surface area contributed by atoms with Crippen LogP contribution in [0.5, 0.6) is 0 Å². The van der Waals surface area contributed by atoms with E-state index in [0.29, 0.717) is 24.5 Å².